The van der Waals surface area contributed by atoms with Crippen molar-refractivity contribution in [3.63, 3.8) is 0 Å². The summed E-state index contributed by atoms with van der Waals surface area (Å²) < 4.78 is 0. The Morgan fingerprint density at radius 1 is 1.50 bits per heavy atom. The minimum atomic E-state index is 0.461. The van der Waals surface area contributed by atoms with Crippen LogP contribution in [0.1, 0.15) is 31.0 Å². The van der Waals surface area contributed by atoms with Crippen molar-refractivity contribution in [2.45, 2.75) is 36.5 Å². The molecule has 2 unspecified atom stereocenters. The fourth-order valence-corrected chi connectivity index (χ4v) is 3.31. The standard InChI is InChI=1S/C12H17NS/c1-8-7-10-5-4-6-11(9(2)13-3)12(10)14-8/h4-6,8-9,13H,7H2,1-3H3. The molecule has 2 atom stereocenters. The van der Waals surface area contributed by atoms with Gasteiger partial charge in [-0.05, 0) is 31.5 Å². The number of thioether (sulfide) groups is 1. The average molecular weight is 207 g/mol. The Labute approximate surface area is 90.3 Å². The Morgan fingerprint density at radius 3 is 3.00 bits per heavy atom. The van der Waals surface area contributed by atoms with Gasteiger partial charge in [-0.3, -0.25) is 0 Å². The first kappa shape index (κ1) is 10.1. The van der Waals surface area contributed by atoms with E-state index in [1.807, 2.05) is 18.8 Å². The molecule has 1 heterocycles. The van der Waals surface area contributed by atoms with Crippen molar-refractivity contribution in [3.05, 3.63) is 29.3 Å². The molecule has 0 amide bonds. The first-order valence-corrected chi connectivity index (χ1v) is 6.06. The van der Waals surface area contributed by atoms with E-state index in [2.05, 4.69) is 37.4 Å². The van der Waals surface area contributed by atoms with E-state index in [0.29, 0.717) is 6.04 Å². The van der Waals surface area contributed by atoms with Gasteiger partial charge in [0, 0.05) is 16.2 Å². The van der Waals surface area contributed by atoms with Crippen molar-refractivity contribution in [2.24, 2.45) is 0 Å². The van der Waals surface area contributed by atoms with Crippen LogP contribution in [0, 0.1) is 0 Å². The lowest BCUT2D eigenvalue weighted by Crippen LogP contribution is -2.13. The maximum Gasteiger partial charge on any atom is 0.0300 e. The molecule has 1 aromatic carbocycles. The molecule has 0 bridgehead atoms. The average Bonchev–Trinajstić information content (AvgIpc) is 2.56. The van der Waals surface area contributed by atoms with Crippen molar-refractivity contribution in [1.82, 2.24) is 5.32 Å². The number of fused-ring (bicyclic) bond motifs is 1. The molecule has 76 valence electrons. The lowest BCUT2D eigenvalue weighted by molar-refractivity contribution is 0.640. The zero-order valence-corrected chi connectivity index (χ0v) is 9.82. The quantitative estimate of drug-likeness (QED) is 0.800. The molecule has 2 rings (SSSR count). The van der Waals surface area contributed by atoms with Crippen LogP contribution in [0.25, 0.3) is 0 Å². The maximum absolute atomic E-state index is 3.31. The van der Waals surface area contributed by atoms with Gasteiger partial charge < -0.3 is 5.32 Å². The Morgan fingerprint density at radius 2 is 2.29 bits per heavy atom. The molecule has 0 saturated carbocycles. The van der Waals surface area contributed by atoms with Gasteiger partial charge in [-0.25, -0.2) is 0 Å². The van der Waals surface area contributed by atoms with Gasteiger partial charge in [0.25, 0.3) is 0 Å². The molecule has 2 heteroatoms. The lowest BCUT2D eigenvalue weighted by atomic mass is 10.0. The molecule has 0 saturated heterocycles. The topological polar surface area (TPSA) is 12.0 Å². The largest absolute Gasteiger partial charge is 0.313 e. The second kappa shape index (κ2) is 3.95. The van der Waals surface area contributed by atoms with Crippen LogP contribution in [0.5, 0.6) is 0 Å². The molecule has 1 aromatic rings. The Hall–Kier alpha value is -0.470. The van der Waals surface area contributed by atoms with E-state index in [4.69, 9.17) is 0 Å². The van der Waals surface area contributed by atoms with Crippen molar-refractivity contribution in [2.75, 3.05) is 7.05 Å². The number of rotatable bonds is 2. The molecule has 1 aliphatic heterocycles. The van der Waals surface area contributed by atoms with Crippen molar-refractivity contribution in [3.8, 4) is 0 Å². The second-order valence-electron chi connectivity index (χ2n) is 3.98. The summed E-state index contributed by atoms with van der Waals surface area (Å²) in [6, 6.07) is 7.14. The third-order valence-corrected chi connectivity index (χ3v) is 4.16. The molecule has 0 spiro atoms. The van der Waals surface area contributed by atoms with Gasteiger partial charge in [-0.2, -0.15) is 0 Å². The highest BCUT2D eigenvalue weighted by molar-refractivity contribution is 8.00. The van der Waals surface area contributed by atoms with Crippen LogP contribution in [0.2, 0.25) is 0 Å². The van der Waals surface area contributed by atoms with Crippen LogP contribution in [0.4, 0.5) is 0 Å². The summed E-state index contributed by atoms with van der Waals surface area (Å²) in [7, 11) is 2.02. The van der Waals surface area contributed by atoms with Gasteiger partial charge in [0.2, 0.25) is 0 Å². The maximum atomic E-state index is 3.31. The second-order valence-corrected chi connectivity index (χ2v) is 5.43. The van der Waals surface area contributed by atoms with E-state index in [1.54, 1.807) is 0 Å². The summed E-state index contributed by atoms with van der Waals surface area (Å²) >= 11 is 2.02. The SMILES string of the molecule is CNC(C)c1cccc2c1SC(C)C2. The predicted molar refractivity (Wildman–Crippen MR) is 62.9 cm³/mol. The van der Waals surface area contributed by atoms with Gasteiger partial charge in [0.05, 0.1) is 0 Å². The van der Waals surface area contributed by atoms with Crippen molar-refractivity contribution >= 4 is 11.8 Å². The summed E-state index contributed by atoms with van der Waals surface area (Å²) in [6.45, 7) is 4.53. The van der Waals surface area contributed by atoms with Crippen LogP contribution in [-0.4, -0.2) is 12.3 Å². The number of hydrogen-bond donors (Lipinski definition) is 1. The molecule has 1 aliphatic rings. The first-order valence-electron chi connectivity index (χ1n) is 5.18. The van der Waals surface area contributed by atoms with Gasteiger partial charge >= 0.3 is 0 Å². The Balaban J connectivity index is 2.39. The van der Waals surface area contributed by atoms with Crippen LogP contribution in [-0.2, 0) is 6.42 Å². The Kier molecular flexibility index (Phi) is 2.84. The first-order chi connectivity index (χ1) is 6.72. The molecule has 1 nitrogen and oxygen atoms in total. The van der Waals surface area contributed by atoms with Gasteiger partial charge in [-0.1, -0.05) is 25.1 Å². The van der Waals surface area contributed by atoms with Crippen LogP contribution in [0.15, 0.2) is 23.1 Å². The third kappa shape index (κ3) is 1.69. The van der Waals surface area contributed by atoms with Gasteiger partial charge in [-0.15, -0.1) is 11.8 Å². The van der Waals surface area contributed by atoms with E-state index in [-0.39, 0.29) is 0 Å². The van der Waals surface area contributed by atoms with Crippen LogP contribution < -0.4 is 5.32 Å². The fourth-order valence-electron chi connectivity index (χ4n) is 1.96. The highest BCUT2D eigenvalue weighted by atomic mass is 32.2. The normalized spacial score (nSPS) is 22.1. The molecule has 0 radical (unpaired) electrons. The number of nitrogens with one attached hydrogen (secondary N) is 1. The molecular weight excluding hydrogens is 190 g/mol. The predicted octanol–water partition coefficient (Wildman–Crippen LogP) is 3.00. The number of hydrogen-bond acceptors (Lipinski definition) is 2. The van der Waals surface area contributed by atoms with E-state index in [1.165, 1.54) is 22.4 Å². The van der Waals surface area contributed by atoms with Crippen molar-refractivity contribution < 1.29 is 0 Å². The molecule has 0 aliphatic carbocycles. The van der Waals surface area contributed by atoms with E-state index in [9.17, 15) is 0 Å². The minimum Gasteiger partial charge on any atom is -0.313 e. The molecule has 1 N–H and O–H groups in total. The zero-order chi connectivity index (χ0) is 10.1. The summed E-state index contributed by atoms with van der Waals surface area (Å²) in [6.07, 6.45) is 1.23. The molecule has 0 fully saturated rings. The highest BCUT2D eigenvalue weighted by Crippen LogP contribution is 2.40. The van der Waals surface area contributed by atoms with Crippen LogP contribution >= 0.6 is 11.8 Å². The number of benzene rings is 1. The molecular formula is C12H17NS. The lowest BCUT2D eigenvalue weighted by Gasteiger charge is -2.14. The minimum absolute atomic E-state index is 0.461. The molecule has 14 heavy (non-hydrogen) atoms. The zero-order valence-electron chi connectivity index (χ0n) is 9.00. The summed E-state index contributed by atoms with van der Waals surface area (Å²) in [5.74, 6) is 0. The van der Waals surface area contributed by atoms with Gasteiger partial charge in [0.15, 0.2) is 0 Å². The third-order valence-electron chi connectivity index (χ3n) is 2.85. The van der Waals surface area contributed by atoms with E-state index < -0.39 is 0 Å². The molecule has 0 aromatic heterocycles. The highest BCUT2D eigenvalue weighted by Gasteiger charge is 2.22. The van der Waals surface area contributed by atoms with Crippen LogP contribution in [0.3, 0.4) is 0 Å². The van der Waals surface area contributed by atoms with Crippen molar-refractivity contribution in [1.29, 1.82) is 0 Å². The fraction of sp³-hybridized carbons (Fsp3) is 0.500. The summed E-state index contributed by atoms with van der Waals surface area (Å²) in [5, 5.41) is 4.06. The summed E-state index contributed by atoms with van der Waals surface area (Å²) in [4.78, 5) is 1.52. The Bertz CT molecular complexity index is 335. The van der Waals surface area contributed by atoms with E-state index >= 15 is 0 Å². The monoisotopic (exact) mass is 207 g/mol. The smallest absolute Gasteiger partial charge is 0.0300 e. The van der Waals surface area contributed by atoms with E-state index in [0.717, 1.165) is 5.25 Å². The van der Waals surface area contributed by atoms with Gasteiger partial charge in [0.1, 0.15) is 0 Å². The summed E-state index contributed by atoms with van der Waals surface area (Å²) in [5.41, 5.74) is 2.99.